The second kappa shape index (κ2) is 6.78. The summed E-state index contributed by atoms with van der Waals surface area (Å²) in [5.41, 5.74) is 0.964. The quantitative estimate of drug-likeness (QED) is 0.553. The predicted octanol–water partition coefficient (Wildman–Crippen LogP) is 2.22. The van der Waals surface area contributed by atoms with Crippen LogP contribution in [0.3, 0.4) is 0 Å². The Labute approximate surface area is 147 Å². The molecule has 24 heavy (non-hydrogen) atoms. The van der Waals surface area contributed by atoms with Crippen molar-refractivity contribution in [3.63, 3.8) is 0 Å². The molecule has 0 aliphatic rings. The summed E-state index contributed by atoms with van der Waals surface area (Å²) in [6.07, 6.45) is 0. The van der Waals surface area contributed by atoms with Gasteiger partial charge in [-0.2, -0.15) is 0 Å². The number of thiazole rings is 1. The Balaban J connectivity index is 1.67. The summed E-state index contributed by atoms with van der Waals surface area (Å²) in [5.74, 6) is 6.65. The molecule has 126 valence electrons. The largest absolute Gasteiger partial charge is 0.336 e. The zero-order valence-corrected chi connectivity index (χ0v) is 15.3. The normalized spacial score (nSPS) is 12.5. The maximum atomic E-state index is 12.4. The minimum atomic E-state index is -0.0898. The van der Waals surface area contributed by atoms with E-state index in [0.29, 0.717) is 11.0 Å². The van der Waals surface area contributed by atoms with Gasteiger partial charge >= 0.3 is 0 Å². The third-order valence-corrected chi connectivity index (χ3v) is 5.94. The van der Waals surface area contributed by atoms with Crippen molar-refractivity contribution in [2.75, 3.05) is 18.6 Å². The smallest absolute Gasteiger partial charge is 0.233 e. The standard InChI is InChI=1S/C15H18N6OS2/c1-9(14-17-11-6-4-5-7-12(11)24-14)20(3)13(22)8-23-15-19-18-10(2)21(15)16/h4-7,9H,8,16H2,1-3H3/t9-/m0/s1. The lowest BCUT2D eigenvalue weighted by atomic mass is 10.3. The van der Waals surface area contributed by atoms with Crippen molar-refractivity contribution in [3.05, 3.63) is 35.1 Å². The maximum absolute atomic E-state index is 12.4. The van der Waals surface area contributed by atoms with Crippen LogP contribution in [0.2, 0.25) is 0 Å². The van der Waals surface area contributed by atoms with E-state index in [2.05, 4.69) is 15.2 Å². The van der Waals surface area contributed by atoms with E-state index in [1.165, 1.54) is 16.4 Å². The summed E-state index contributed by atoms with van der Waals surface area (Å²) in [6.45, 7) is 3.75. The fourth-order valence-corrected chi connectivity index (χ4v) is 4.02. The van der Waals surface area contributed by atoms with E-state index in [4.69, 9.17) is 5.84 Å². The van der Waals surface area contributed by atoms with Gasteiger partial charge in [0.05, 0.1) is 22.0 Å². The highest BCUT2D eigenvalue weighted by molar-refractivity contribution is 7.99. The third kappa shape index (κ3) is 3.22. The Hall–Kier alpha value is -2.13. The van der Waals surface area contributed by atoms with E-state index in [9.17, 15) is 4.79 Å². The molecule has 0 aliphatic carbocycles. The lowest BCUT2D eigenvalue weighted by Crippen LogP contribution is -2.31. The van der Waals surface area contributed by atoms with Gasteiger partial charge in [0.15, 0.2) is 0 Å². The summed E-state index contributed by atoms with van der Waals surface area (Å²) >= 11 is 2.89. The predicted molar refractivity (Wildman–Crippen MR) is 96.4 cm³/mol. The van der Waals surface area contributed by atoms with Crippen LogP contribution in [-0.4, -0.2) is 43.5 Å². The lowest BCUT2D eigenvalue weighted by molar-refractivity contribution is -0.128. The Bertz CT molecular complexity index is 841. The van der Waals surface area contributed by atoms with Crippen molar-refractivity contribution >= 4 is 39.2 Å². The molecule has 0 spiro atoms. The van der Waals surface area contributed by atoms with Crippen LogP contribution in [0, 0.1) is 6.92 Å². The topological polar surface area (TPSA) is 89.9 Å². The number of carbonyl (C=O) groups excluding carboxylic acids is 1. The minimum Gasteiger partial charge on any atom is -0.336 e. The number of fused-ring (bicyclic) bond motifs is 1. The Morgan fingerprint density at radius 1 is 1.42 bits per heavy atom. The molecule has 2 aromatic heterocycles. The van der Waals surface area contributed by atoms with Gasteiger partial charge in [-0.15, -0.1) is 21.5 Å². The SMILES string of the molecule is Cc1nnc(SCC(=O)N(C)[C@@H](C)c2nc3ccccc3s2)n1N. The molecule has 9 heteroatoms. The molecule has 2 N–H and O–H groups in total. The Morgan fingerprint density at radius 3 is 2.83 bits per heavy atom. The van der Waals surface area contributed by atoms with Gasteiger partial charge in [-0.3, -0.25) is 4.79 Å². The molecular formula is C15H18N6OS2. The number of carbonyl (C=O) groups is 1. The summed E-state index contributed by atoms with van der Waals surface area (Å²) < 4.78 is 2.51. The molecule has 0 saturated heterocycles. The number of aryl methyl sites for hydroxylation is 1. The van der Waals surface area contributed by atoms with Crippen LogP contribution in [0.5, 0.6) is 0 Å². The molecule has 0 unspecified atom stereocenters. The van der Waals surface area contributed by atoms with Gasteiger partial charge in [0, 0.05) is 7.05 Å². The monoisotopic (exact) mass is 362 g/mol. The van der Waals surface area contributed by atoms with E-state index < -0.39 is 0 Å². The van der Waals surface area contributed by atoms with E-state index in [1.807, 2.05) is 31.2 Å². The molecular weight excluding hydrogens is 344 g/mol. The number of thioether (sulfide) groups is 1. The van der Waals surface area contributed by atoms with Gasteiger partial charge in [0.1, 0.15) is 10.8 Å². The molecule has 3 aromatic rings. The second-order valence-corrected chi connectivity index (χ2v) is 7.39. The van der Waals surface area contributed by atoms with Gasteiger partial charge in [-0.25, -0.2) is 9.66 Å². The van der Waals surface area contributed by atoms with Crippen molar-refractivity contribution in [2.24, 2.45) is 0 Å². The first-order valence-corrected chi connectivity index (χ1v) is 9.18. The summed E-state index contributed by atoms with van der Waals surface area (Å²) in [6, 6.07) is 7.89. The fraction of sp³-hybridized carbons (Fsp3) is 0.333. The summed E-state index contributed by atoms with van der Waals surface area (Å²) in [4.78, 5) is 18.8. The number of benzene rings is 1. The van der Waals surface area contributed by atoms with E-state index in [0.717, 1.165) is 15.2 Å². The van der Waals surface area contributed by atoms with Gasteiger partial charge in [0.25, 0.3) is 0 Å². The number of hydrogen-bond donors (Lipinski definition) is 1. The van der Waals surface area contributed by atoms with Gasteiger partial charge < -0.3 is 10.7 Å². The molecule has 0 aliphatic heterocycles. The third-order valence-electron chi connectivity index (χ3n) is 3.80. The molecule has 1 atom stereocenters. The van der Waals surface area contributed by atoms with Crippen LogP contribution in [-0.2, 0) is 4.79 Å². The maximum Gasteiger partial charge on any atom is 0.233 e. The molecule has 0 radical (unpaired) electrons. The zero-order valence-electron chi connectivity index (χ0n) is 13.6. The molecule has 7 nitrogen and oxygen atoms in total. The molecule has 3 rings (SSSR count). The highest BCUT2D eigenvalue weighted by Gasteiger charge is 2.21. The Morgan fingerprint density at radius 2 is 2.17 bits per heavy atom. The van der Waals surface area contributed by atoms with Crippen molar-refractivity contribution in [1.29, 1.82) is 0 Å². The molecule has 0 bridgehead atoms. The highest BCUT2D eigenvalue weighted by atomic mass is 32.2. The van der Waals surface area contributed by atoms with E-state index in [-0.39, 0.29) is 17.7 Å². The van der Waals surface area contributed by atoms with Gasteiger partial charge in [-0.05, 0) is 26.0 Å². The first-order valence-electron chi connectivity index (χ1n) is 7.38. The number of rotatable bonds is 5. The lowest BCUT2D eigenvalue weighted by Gasteiger charge is -2.23. The average molecular weight is 362 g/mol. The molecule has 2 heterocycles. The van der Waals surface area contributed by atoms with Crippen LogP contribution in [0.4, 0.5) is 0 Å². The highest BCUT2D eigenvalue weighted by Crippen LogP contribution is 2.29. The Kier molecular flexibility index (Phi) is 4.72. The molecule has 1 aromatic carbocycles. The summed E-state index contributed by atoms with van der Waals surface area (Å²) in [5, 5.41) is 9.28. The fourth-order valence-electron chi connectivity index (χ4n) is 2.13. The number of nitrogen functional groups attached to an aromatic ring is 1. The number of para-hydroxylation sites is 1. The minimum absolute atomic E-state index is 0.00703. The van der Waals surface area contributed by atoms with Crippen LogP contribution in [0.25, 0.3) is 10.2 Å². The van der Waals surface area contributed by atoms with Crippen LogP contribution >= 0.6 is 23.1 Å². The van der Waals surface area contributed by atoms with Crippen molar-refractivity contribution in [3.8, 4) is 0 Å². The number of amides is 1. The molecule has 0 saturated carbocycles. The van der Waals surface area contributed by atoms with E-state index in [1.54, 1.807) is 30.2 Å². The van der Waals surface area contributed by atoms with Crippen molar-refractivity contribution in [1.82, 2.24) is 24.8 Å². The van der Waals surface area contributed by atoms with Crippen LogP contribution < -0.4 is 5.84 Å². The van der Waals surface area contributed by atoms with Gasteiger partial charge in [0.2, 0.25) is 11.1 Å². The van der Waals surface area contributed by atoms with Crippen molar-refractivity contribution in [2.45, 2.75) is 25.0 Å². The number of nitrogens with two attached hydrogens (primary N) is 1. The number of hydrogen-bond acceptors (Lipinski definition) is 7. The zero-order chi connectivity index (χ0) is 17.3. The number of nitrogens with zero attached hydrogens (tertiary/aromatic N) is 5. The van der Waals surface area contributed by atoms with Crippen molar-refractivity contribution < 1.29 is 4.79 Å². The average Bonchev–Trinajstić information content (AvgIpc) is 3.16. The molecule has 1 amide bonds. The van der Waals surface area contributed by atoms with Crippen LogP contribution in [0.15, 0.2) is 29.4 Å². The van der Waals surface area contributed by atoms with Gasteiger partial charge in [-0.1, -0.05) is 23.9 Å². The molecule has 0 fully saturated rings. The first-order chi connectivity index (χ1) is 11.5. The van der Waals surface area contributed by atoms with Crippen LogP contribution in [0.1, 0.15) is 23.8 Å². The summed E-state index contributed by atoms with van der Waals surface area (Å²) in [7, 11) is 1.79. The first kappa shape index (κ1) is 16.7. The second-order valence-electron chi connectivity index (χ2n) is 5.39. The number of aromatic nitrogens is 4. The van der Waals surface area contributed by atoms with E-state index >= 15 is 0 Å².